The van der Waals surface area contributed by atoms with Crippen molar-refractivity contribution in [3.8, 4) is 0 Å². The Bertz CT molecular complexity index is 453. The second-order valence-electron chi connectivity index (χ2n) is 6.36. The zero-order valence-corrected chi connectivity index (χ0v) is 12.9. The molecule has 0 spiro atoms. The van der Waals surface area contributed by atoms with Crippen LogP contribution >= 0.6 is 0 Å². The minimum Gasteiger partial charge on any atom is -0.367 e. The second kappa shape index (κ2) is 6.75. The number of nitrogens with one attached hydrogen (secondary N) is 1. The Labute approximate surface area is 127 Å². The van der Waals surface area contributed by atoms with Gasteiger partial charge in [0.05, 0.1) is 5.69 Å². The van der Waals surface area contributed by atoms with Crippen molar-refractivity contribution in [1.29, 1.82) is 0 Å². The van der Waals surface area contributed by atoms with Gasteiger partial charge in [-0.1, -0.05) is 12.1 Å². The lowest BCUT2D eigenvalue weighted by atomic mass is 10.2. The first-order valence-electron chi connectivity index (χ1n) is 8.19. The van der Waals surface area contributed by atoms with E-state index in [1.807, 2.05) is 12.1 Å². The standard InChI is InChI=1S/C17H26FN3/c1-14(15-6-7-15)19-8-9-20-10-12-21(13-11-20)17-5-3-2-4-16(17)18/h2-5,14-15,19H,6-13H2,1H3. The van der Waals surface area contributed by atoms with Crippen LogP contribution in [0.2, 0.25) is 0 Å². The molecular formula is C17H26FN3. The first-order valence-corrected chi connectivity index (χ1v) is 8.19. The Morgan fingerprint density at radius 3 is 2.57 bits per heavy atom. The highest BCUT2D eigenvalue weighted by Crippen LogP contribution is 2.32. The van der Waals surface area contributed by atoms with E-state index in [1.54, 1.807) is 12.1 Å². The summed E-state index contributed by atoms with van der Waals surface area (Å²) in [6.45, 7) is 8.34. The van der Waals surface area contributed by atoms with Crippen LogP contribution in [0.15, 0.2) is 24.3 Å². The highest BCUT2D eigenvalue weighted by atomic mass is 19.1. The third kappa shape index (κ3) is 3.95. The van der Waals surface area contributed by atoms with E-state index in [1.165, 1.54) is 12.8 Å². The Balaban J connectivity index is 1.39. The summed E-state index contributed by atoms with van der Waals surface area (Å²) in [5, 5.41) is 3.63. The molecule has 1 heterocycles. The molecule has 2 fully saturated rings. The van der Waals surface area contributed by atoms with Gasteiger partial charge in [-0.2, -0.15) is 0 Å². The molecular weight excluding hydrogens is 265 g/mol. The largest absolute Gasteiger partial charge is 0.367 e. The van der Waals surface area contributed by atoms with Crippen LogP contribution in [0.1, 0.15) is 19.8 Å². The van der Waals surface area contributed by atoms with E-state index in [0.29, 0.717) is 6.04 Å². The van der Waals surface area contributed by atoms with Crippen molar-refractivity contribution >= 4 is 5.69 Å². The molecule has 0 bridgehead atoms. The van der Waals surface area contributed by atoms with Gasteiger partial charge < -0.3 is 10.2 Å². The molecule has 1 aliphatic heterocycles. The number of benzene rings is 1. The van der Waals surface area contributed by atoms with Crippen molar-refractivity contribution in [2.45, 2.75) is 25.8 Å². The maximum atomic E-state index is 13.8. The minimum atomic E-state index is -0.106. The van der Waals surface area contributed by atoms with Crippen LogP contribution in [-0.4, -0.2) is 50.2 Å². The van der Waals surface area contributed by atoms with E-state index in [9.17, 15) is 4.39 Å². The van der Waals surface area contributed by atoms with Crippen molar-refractivity contribution in [3.05, 3.63) is 30.1 Å². The molecule has 1 aromatic rings. The Kier molecular flexibility index (Phi) is 4.76. The minimum absolute atomic E-state index is 0.106. The fraction of sp³-hybridized carbons (Fsp3) is 0.647. The molecule has 1 unspecified atom stereocenters. The van der Waals surface area contributed by atoms with Crippen molar-refractivity contribution in [1.82, 2.24) is 10.2 Å². The quantitative estimate of drug-likeness (QED) is 0.868. The Morgan fingerprint density at radius 2 is 1.90 bits per heavy atom. The van der Waals surface area contributed by atoms with Gasteiger partial charge in [0.15, 0.2) is 0 Å². The molecule has 116 valence electrons. The first kappa shape index (κ1) is 14.8. The van der Waals surface area contributed by atoms with Gasteiger partial charge in [0.25, 0.3) is 0 Å². The van der Waals surface area contributed by atoms with E-state index in [-0.39, 0.29) is 5.82 Å². The molecule has 1 saturated heterocycles. The summed E-state index contributed by atoms with van der Waals surface area (Å²) in [5.74, 6) is 0.814. The topological polar surface area (TPSA) is 18.5 Å². The van der Waals surface area contributed by atoms with Crippen LogP contribution in [0.5, 0.6) is 0 Å². The Morgan fingerprint density at radius 1 is 1.19 bits per heavy atom. The van der Waals surface area contributed by atoms with Gasteiger partial charge in [-0.15, -0.1) is 0 Å². The third-order valence-electron chi connectivity index (χ3n) is 4.79. The second-order valence-corrected chi connectivity index (χ2v) is 6.36. The van der Waals surface area contributed by atoms with E-state index in [2.05, 4.69) is 22.0 Å². The predicted molar refractivity (Wildman–Crippen MR) is 85.2 cm³/mol. The molecule has 3 rings (SSSR count). The molecule has 2 aliphatic rings. The van der Waals surface area contributed by atoms with Crippen molar-refractivity contribution in [2.24, 2.45) is 5.92 Å². The van der Waals surface area contributed by atoms with Gasteiger partial charge >= 0.3 is 0 Å². The van der Waals surface area contributed by atoms with Crippen LogP contribution in [0.3, 0.4) is 0 Å². The molecule has 21 heavy (non-hydrogen) atoms. The number of anilines is 1. The average molecular weight is 291 g/mol. The maximum Gasteiger partial charge on any atom is 0.146 e. The molecule has 4 heteroatoms. The highest BCUT2D eigenvalue weighted by molar-refractivity contribution is 5.47. The zero-order valence-electron chi connectivity index (χ0n) is 12.9. The van der Waals surface area contributed by atoms with Crippen LogP contribution in [0.4, 0.5) is 10.1 Å². The number of hydrogen-bond donors (Lipinski definition) is 1. The molecule has 1 saturated carbocycles. The summed E-state index contributed by atoms with van der Waals surface area (Å²) in [7, 11) is 0. The molecule has 1 N–H and O–H groups in total. The Hall–Kier alpha value is -1.13. The first-order chi connectivity index (χ1) is 10.2. The SMILES string of the molecule is CC(NCCN1CCN(c2ccccc2F)CC1)C1CC1. The lowest BCUT2D eigenvalue weighted by Crippen LogP contribution is -2.49. The highest BCUT2D eigenvalue weighted by Gasteiger charge is 2.27. The van der Waals surface area contributed by atoms with Crippen LogP contribution in [0.25, 0.3) is 0 Å². The van der Waals surface area contributed by atoms with Crippen molar-refractivity contribution in [2.75, 3.05) is 44.2 Å². The molecule has 1 aromatic carbocycles. The summed E-state index contributed by atoms with van der Waals surface area (Å²) in [6.07, 6.45) is 2.80. The zero-order chi connectivity index (χ0) is 14.7. The van der Waals surface area contributed by atoms with Gasteiger partial charge in [0.2, 0.25) is 0 Å². The molecule has 0 aromatic heterocycles. The van der Waals surface area contributed by atoms with Gasteiger partial charge in [0, 0.05) is 45.3 Å². The van der Waals surface area contributed by atoms with E-state index in [0.717, 1.165) is 50.9 Å². The fourth-order valence-corrected chi connectivity index (χ4v) is 3.13. The lowest BCUT2D eigenvalue weighted by molar-refractivity contribution is 0.252. The smallest absolute Gasteiger partial charge is 0.146 e. The average Bonchev–Trinajstić information content (AvgIpc) is 3.33. The third-order valence-corrected chi connectivity index (χ3v) is 4.79. The summed E-state index contributed by atoms with van der Waals surface area (Å²) < 4.78 is 13.8. The number of piperazine rings is 1. The summed E-state index contributed by atoms with van der Waals surface area (Å²) in [4.78, 5) is 4.63. The van der Waals surface area contributed by atoms with Gasteiger partial charge in [-0.3, -0.25) is 4.90 Å². The van der Waals surface area contributed by atoms with Gasteiger partial charge in [-0.05, 0) is 37.8 Å². The lowest BCUT2D eigenvalue weighted by Gasteiger charge is -2.36. The summed E-state index contributed by atoms with van der Waals surface area (Å²) in [5.41, 5.74) is 0.748. The summed E-state index contributed by atoms with van der Waals surface area (Å²) in [6, 6.07) is 7.76. The number of nitrogens with zero attached hydrogens (tertiary/aromatic N) is 2. The molecule has 3 nitrogen and oxygen atoms in total. The predicted octanol–water partition coefficient (Wildman–Crippen LogP) is 2.34. The maximum absolute atomic E-state index is 13.8. The molecule has 0 amide bonds. The summed E-state index contributed by atoms with van der Waals surface area (Å²) >= 11 is 0. The molecule has 1 aliphatic carbocycles. The fourth-order valence-electron chi connectivity index (χ4n) is 3.13. The number of halogens is 1. The van der Waals surface area contributed by atoms with E-state index >= 15 is 0 Å². The number of hydrogen-bond acceptors (Lipinski definition) is 3. The molecule has 1 atom stereocenters. The van der Waals surface area contributed by atoms with Crippen LogP contribution < -0.4 is 10.2 Å². The number of rotatable bonds is 6. The normalized spacial score (nSPS) is 21.5. The van der Waals surface area contributed by atoms with Crippen molar-refractivity contribution in [3.63, 3.8) is 0 Å². The van der Waals surface area contributed by atoms with E-state index in [4.69, 9.17) is 0 Å². The number of para-hydroxylation sites is 1. The monoisotopic (exact) mass is 291 g/mol. The van der Waals surface area contributed by atoms with Gasteiger partial charge in [-0.25, -0.2) is 4.39 Å². The van der Waals surface area contributed by atoms with Gasteiger partial charge in [0.1, 0.15) is 5.82 Å². The molecule has 0 radical (unpaired) electrons. The van der Waals surface area contributed by atoms with Crippen LogP contribution in [0, 0.1) is 11.7 Å². The van der Waals surface area contributed by atoms with Crippen molar-refractivity contribution < 1.29 is 4.39 Å². The van der Waals surface area contributed by atoms with E-state index < -0.39 is 0 Å². The van der Waals surface area contributed by atoms with Crippen LogP contribution in [-0.2, 0) is 0 Å².